The van der Waals surface area contributed by atoms with E-state index in [1.54, 1.807) is 0 Å². The molecule has 0 saturated heterocycles. The quantitative estimate of drug-likeness (QED) is 0.663. The number of rotatable bonds is 8. The van der Waals surface area contributed by atoms with E-state index < -0.39 is 15.8 Å². The normalized spacial score (nSPS) is 11.5. The Balaban J connectivity index is 2.99. The van der Waals surface area contributed by atoms with Crippen LogP contribution in [0.25, 0.3) is 0 Å². The third kappa shape index (κ3) is 4.75. The molecule has 1 aromatic carbocycles. The standard InChI is InChI=1S/C11H17FN2O4S/c1-17-6-7-18-10-3-2-9(12)8-11(10)19(15,16)14-5-4-13/h2-3,8,14H,4-7,13H2,1H3. The molecule has 19 heavy (non-hydrogen) atoms. The van der Waals surface area contributed by atoms with Crippen LogP contribution in [0.1, 0.15) is 0 Å². The van der Waals surface area contributed by atoms with E-state index in [1.807, 2.05) is 0 Å². The molecule has 8 heteroatoms. The zero-order valence-corrected chi connectivity index (χ0v) is 11.4. The van der Waals surface area contributed by atoms with Crippen molar-refractivity contribution in [2.45, 2.75) is 4.90 Å². The van der Waals surface area contributed by atoms with Crippen LogP contribution in [-0.4, -0.2) is 41.8 Å². The fourth-order valence-electron chi connectivity index (χ4n) is 1.32. The van der Waals surface area contributed by atoms with Crippen molar-refractivity contribution in [1.29, 1.82) is 0 Å². The fraction of sp³-hybridized carbons (Fsp3) is 0.455. The summed E-state index contributed by atoms with van der Waals surface area (Å²) in [7, 11) is -2.35. The summed E-state index contributed by atoms with van der Waals surface area (Å²) in [5.41, 5.74) is 5.23. The summed E-state index contributed by atoms with van der Waals surface area (Å²) < 4.78 is 49.4. The van der Waals surface area contributed by atoms with Crippen LogP contribution in [0.2, 0.25) is 0 Å². The first-order chi connectivity index (χ1) is 9.01. The van der Waals surface area contributed by atoms with Crippen molar-refractivity contribution in [2.24, 2.45) is 5.73 Å². The lowest BCUT2D eigenvalue weighted by molar-refractivity contribution is 0.144. The molecule has 0 heterocycles. The number of hydrogen-bond acceptors (Lipinski definition) is 5. The van der Waals surface area contributed by atoms with Crippen LogP contribution in [0.4, 0.5) is 4.39 Å². The van der Waals surface area contributed by atoms with Gasteiger partial charge in [0.1, 0.15) is 23.1 Å². The van der Waals surface area contributed by atoms with E-state index in [0.29, 0.717) is 6.61 Å². The molecule has 1 aromatic rings. The summed E-state index contributed by atoms with van der Waals surface area (Å²) in [5, 5.41) is 0. The van der Waals surface area contributed by atoms with Gasteiger partial charge in [-0.15, -0.1) is 0 Å². The number of ether oxygens (including phenoxy) is 2. The number of hydrogen-bond donors (Lipinski definition) is 2. The second-order valence-corrected chi connectivity index (χ2v) is 5.35. The SMILES string of the molecule is COCCOc1ccc(F)cc1S(=O)(=O)NCCN. The molecule has 0 aromatic heterocycles. The monoisotopic (exact) mass is 292 g/mol. The summed E-state index contributed by atoms with van der Waals surface area (Å²) in [4.78, 5) is -0.253. The van der Waals surface area contributed by atoms with Crippen LogP contribution in [0.3, 0.4) is 0 Å². The average Bonchev–Trinajstić information content (AvgIpc) is 2.38. The Bertz CT molecular complexity index is 507. The van der Waals surface area contributed by atoms with Crippen LogP contribution in [0.5, 0.6) is 5.75 Å². The highest BCUT2D eigenvalue weighted by Crippen LogP contribution is 2.24. The molecule has 1 rings (SSSR count). The van der Waals surface area contributed by atoms with Gasteiger partial charge in [-0.3, -0.25) is 0 Å². The zero-order chi connectivity index (χ0) is 14.3. The van der Waals surface area contributed by atoms with Gasteiger partial charge in [0.2, 0.25) is 10.0 Å². The smallest absolute Gasteiger partial charge is 0.244 e. The zero-order valence-electron chi connectivity index (χ0n) is 10.6. The average molecular weight is 292 g/mol. The Morgan fingerprint density at radius 2 is 2.11 bits per heavy atom. The Hall–Kier alpha value is -1.22. The third-order valence-electron chi connectivity index (χ3n) is 2.18. The topological polar surface area (TPSA) is 90.6 Å². The first kappa shape index (κ1) is 15.8. The predicted molar refractivity (Wildman–Crippen MR) is 68.0 cm³/mol. The second kappa shape index (κ2) is 7.39. The van der Waals surface area contributed by atoms with Crippen molar-refractivity contribution < 1.29 is 22.3 Å². The van der Waals surface area contributed by atoms with Crippen molar-refractivity contribution in [3.63, 3.8) is 0 Å². The first-order valence-electron chi connectivity index (χ1n) is 5.62. The predicted octanol–water partition coefficient (Wildman–Crippen LogP) is 0.0879. The summed E-state index contributed by atoms with van der Waals surface area (Å²) in [6, 6.07) is 3.30. The summed E-state index contributed by atoms with van der Waals surface area (Å²) in [6.07, 6.45) is 0. The molecule has 108 valence electrons. The van der Waals surface area contributed by atoms with E-state index in [4.69, 9.17) is 15.2 Å². The van der Waals surface area contributed by atoms with E-state index in [2.05, 4.69) is 4.72 Å². The molecule has 3 N–H and O–H groups in total. The largest absolute Gasteiger partial charge is 0.490 e. The molecular formula is C11H17FN2O4S. The first-order valence-corrected chi connectivity index (χ1v) is 7.10. The Morgan fingerprint density at radius 1 is 1.37 bits per heavy atom. The van der Waals surface area contributed by atoms with Gasteiger partial charge in [0.05, 0.1) is 6.61 Å². The van der Waals surface area contributed by atoms with Gasteiger partial charge in [0.25, 0.3) is 0 Å². The number of methoxy groups -OCH3 is 1. The van der Waals surface area contributed by atoms with E-state index in [0.717, 1.165) is 12.1 Å². The minimum atomic E-state index is -3.85. The lowest BCUT2D eigenvalue weighted by atomic mass is 10.3. The van der Waals surface area contributed by atoms with Crippen molar-refractivity contribution in [3.05, 3.63) is 24.0 Å². The molecule has 0 unspecified atom stereocenters. The Kier molecular flexibility index (Phi) is 6.16. The van der Waals surface area contributed by atoms with Crippen LogP contribution in [0, 0.1) is 5.82 Å². The molecule has 0 radical (unpaired) electrons. The van der Waals surface area contributed by atoms with E-state index in [9.17, 15) is 12.8 Å². The Morgan fingerprint density at radius 3 is 2.74 bits per heavy atom. The van der Waals surface area contributed by atoms with E-state index in [-0.39, 0.29) is 30.3 Å². The summed E-state index contributed by atoms with van der Waals surface area (Å²) >= 11 is 0. The lowest BCUT2D eigenvalue weighted by Gasteiger charge is -2.12. The summed E-state index contributed by atoms with van der Waals surface area (Å²) in [5.74, 6) is -0.588. The minimum absolute atomic E-state index is 0.0658. The van der Waals surface area contributed by atoms with Gasteiger partial charge in [-0.05, 0) is 18.2 Å². The molecule has 0 bridgehead atoms. The molecule has 0 spiro atoms. The maximum Gasteiger partial charge on any atom is 0.244 e. The number of nitrogens with one attached hydrogen (secondary N) is 1. The number of nitrogens with two attached hydrogens (primary N) is 1. The Labute approximate surface area is 111 Å². The van der Waals surface area contributed by atoms with Crippen LogP contribution >= 0.6 is 0 Å². The number of sulfonamides is 1. The minimum Gasteiger partial charge on any atom is -0.490 e. The third-order valence-corrected chi connectivity index (χ3v) is 3.66. The molecule has 0 amide bonds. The van der Waals surface area contributed by atoms with Gasteiger partial charge >= 0.3 is 0 Å². The van der Waals surface area contributed by atoms with Gasteiger partial charge < -0.3 is 15.2 Å². The fourth-order valence-corrected chi connectivity index (χ4v) is 2.52. The molecular weight excluding hydrogens is 275 g/mol. The number of benzene rings is 1. The molecule has 0 fully saturated rings. The highest BCUT2D eigenvalue weighted by Gasteiger charge is 2.20. The lowest BCUT2D eigenvalue weighted by Crippen LogP contribution is -2.29. The van der Waals surface area contributed by atoms with E-state index >= 15 is 0 Å². The van der Waals surface area contributed by atoms with Gasteiger partial charge in [0, 0.05) is 20.2 Å². The highest BCUT2D eigenvalue weighted by atomic mass is 32.2. The highest BCUT2D eigenvalue weighted by molar-refractivity contribution is 7.89. The number of halogens is 1. The molecule has 0 aliphatic heterocycles. The van der Waals surface area contributed by atoms with Crippen molar-refractivity contribution in [3.8, 4) is 5.75 Å². The van der Waals surface area contributed by atoms with Gasteiger partial charge in [-0.1, -0.05) is 0 Å². The summed E-state index contributed by atoms with van der Waals surface area (Å²) in [6.45, 7) is 0.680. The van der Waals surface area contributed by atoms with Gasteiger partial charge in [0.15, 0.2) is 0 Å². The molecule has 0 aliphatic rings. The molecule has 0 atom stereocenters. The second-order valence-electron chi connectivity index (χ2n) is 3.62. The maximum absolute atomic E-state index is 13.2. The molecule has 6 nitrogen and oxygen atoms in total. The van der Waals surface area contributed by atoms with Gasteiger partial charge in [-0.25, -0.2) is 17.5 Å². The van der Waals surface area contributed by atoms with Crippen LogP contribution in [0.15, 0.2) is 23.1 Å². The molecule has 0 aliphatic carbocycles. The van der Waals surface area contributed by atoms with Crippen molar-refractivity contribution >= 4 is 10.0 Å². The van der Waals surface area contributed by atoms with Gasteiger partial charge in [-0.2, -0.15) is 0 Å². The van der Waals surface area contributed by atoms with Crippen LogP contribution in [-0.2, 0) is 14.8 Å². The molecule has 0 saturated carbocycles. The maximum atomic E-state index is 13.2. The van der Waals surface area contributed by atoms with Crippen molar-refractivity contribution in [2.75, 3.05) is 33.4 Å². The van der Waals surface area contributed by atoms with Crippen LogP contribution < -0.4 is 15.2 Å². The van der Waals surface area contributed by atoms with Crippen molar-refractivity contribution in [1.82, 2.24) is 4.72 Å². The van der Waals surface area contributed by atoms with E-state index in [1.165, 1.54) is 13.2 Å².